The summed E-state index contributed by atoms with van der Waals surface area (Å²) in [7, 11) is 2.01. The van der Waals surface area contributed by atoms with Gasteiger partial charge in [-0.15, -0.1) is 0 Å². The van der Waals surface area contributed by atoms with Crippen LogP contribution >= 0.6 is 0 Å². The molecule has 0 spiro atoms. The van der Waals surface area contributed by atoms with E-state index in [9.17, 15) is 4.79 Å². The first kappa shape index (κ1) is 17.7. The molecule has 0 aliphatic carbocycles. The maximum atomic E-state index is 12.6. The fraction of sp³-hybridized carbons (Fsp3) is 0.182. The number of aromatic nitrogens is 1. The zero-order valence-electron chi connectivity index (χ0n) is 15.1. The lowest BCUT2D eigenvalue weighted by Crippen LogP contribution is -2.27. The van der Waals surface area contributed by atoms with Crippen molar-refractivity contribution in [2.24, 2.45) is 0 Å². The molecule has 0 fully saturated rings. The third-order valence-electron chi connectivity index (χ3n) is 4.33. The molecule has 0 bridgehead atoms. The van der Waals surface area contributed by atoms with Crippen LogP contribution in [0, 0.1) is 0 Å². The van der Waals surface area contributed by atoms with Gasteiger partial charge < -0.3 is 10.2 Å². The van der Waals surface area contributed by atoms with E-state index in [2.05, 4.69) is 27.3 Å². The molecule has 0 aliphatic heterocycles. The molecule has 2 aromatic carbocycles. The number of amides is 1. The molecule has 1 amide bonds. The zero-order valence-corrected chi connectivity index (χ0v) is 15.1. The monoisotopic (exact) mass is 345 g/mol. The second kappa shape index (κ2) is 8.30. The largest absolute Gasteiger partial charge is 0.370 e. The first-order chi connectivity index (χ1) is 12.6. The van der Waals surface area contributed by atoms with Crippen molar-refractivity contribution in [3.05, 3.63) is 95.8 Å². The second-order valence-electron chi connectivity index (χ2n) is 6.35. The molecule has 0 saturated carbocycles. The lowest BCUT2D eigenvalue weighted by atomic mass is 10.1. The van der Waals surface area contributed by atoms with E-state index in [0.29, 0.717) is 5.69 Å². The third-order valence-corrected chi connectivity index (χ3v) is 4.33. The van der Waals surface area contributed by atoms with Crippen molar-refractivity contribution in [2.45, 2.75) is 19.5 Å². The van der Waals surface area contributed by atoms with Gasteiger partial charge in [-0.05, 0) is 30.2 Å². The van der Waals surface area contributed by atoms with Crippen molar-refractivity contribution in [1.29, 1.82) is 0 Å². The van der Waals surface area contributed by atoms with Crippen molar-refractivity contribution >= 4 is 11.6 Å². The van der Waals surface area contributed by atoms with E-state index in [1.807, 2.05) is 74.6 Å². The molecule has 1 heterocycles. The average molecular weight is 345 g/mol. The Kier molecular flexibility index (Phi) is 5.64. The highest BCUT2D eigenvalue weighted by Crippen LogP contribution is 2.17. The van der Waals surface area contributed by atoms with E-state index in [0.717, 1.165) is 17.8 Å². The number of nitrogens with zero attached hydrogens (tertiary/aromatic N) is 2. The molecular formula is C22H23N3O. The Labute approximate surface area is 154 Å². The Hall–Kier alpha value is -3.14. The van der Waals surface area contributed by atoms with Crippen molar-refractivity contribution in [3.8, 4) is 0 Å². The molecule has 4 heteroatoms. The van der Waals surface area contributed by atoms with E-state index >= 15 is 0 Å². The highest BCUT2D eigenvalue weighted by molar-refractivity contribution is 5.93. The van der Waals surface area contributed by atoms with Crippen molar-refractivity contribution in [1.82, 2.24) is 10.3 Å². The van der Waals surface area contributed by atoms with E-state index in [1.165, 1.54) is 5.56 Å². The molecule has 3 aromatic rings. The van der Waals surface area contributed by atoms with Crippen LogP contribution in [0.4, 0.5) is 5.69 Å². The minimum Gasteiger partial charge on any atom is -0.370 e. The fourth-order valence-electron chi connectivity index (χ4n) is 2.83. The quantitative estimate of drug-likeness (QED) is 0.728. The summed E-state index contributed by atoms with van der Waals surface area (Å²) in [6.07, 6.45) is 1.68. The number of hydrogen-bond acceptors (Lipinski definition) is 3. The molecule has 1 unspecified atom stereocenters. The topological polar surface area (TPSA) is 45.2 Å². The molecule has 0 radical (unpaired) electrons. The summed E-state index contributed by atoms with van der Waals surface area (Å²) in [6.45, 7) is 2.74. The summed E-state index contributed by atoms with van der Waals surface area (Å²) < 4.78 is 0. The molecule has 1 N–H and O–H groups in total. The number of nitrogens with one attached hydrogen (secondary N) is 1. The van der Waals surface area contributed by atoms with Crippen molar-refractivity contribution < 1.29 is 4.79 Å². The Bertz CT molecular complexity index is 850. The van der Waals surface area contributed by atoms with Gasteiger partial charge in [-0.25, -0.2) is 0 Å². The number of pyridine rings is 1. The van der Waals surface area contributed by atoms with Crippen LogP contribution in [0.2, 0.25) is 0 Å². The van der Waals surface area contributed by atoms with Gasteiger partial charge in [0.1, 0.15) is 5.69 Å². The molecule has 4 nitrogen and oxygen atoms in total. The molecule has 0 aliphatic rings. The summed E-state index contributed by atoms with van der Waals surface area (Å²) in [5.74, 6) is -0.170. The molecule has 0 saturated heterocycles. The smallest absolute Gasteiger partial charge is 0.270 e. The van der Waals surface area contributed by atoms with Crippen LogP contribution < -0.4 is 10.2 Å². The number of rotatable bonds is 6. The van der Waals surface area contributed by atoms with E-state index in [1.54, 1.807) is 6.20 Å². The van der Waals surface area contributed by atoms with Crippen LogP contribution in [0.15, 0.2) is 79.0 Å². The van der Waals surface area contributed by atoms with Crippen molar-refractivity contribution in [3.63, 3.8) is 0 Å². The van der Waals surface area contributed by atoms with Crippen LogP contribution in [0.25, 0.3) is 0 Å². The Morgan fingerprint density at radius 1 is 1.04 bits per heavy atom. The number of carbonyl (C=O) groups excluding carboxylic acids is 1. The summed E-state index contributed by atoms with van der Waals surface area (Å²) >= 11 is 0. The van der Waals surface area contributed by atoms with Crippen LogP contribution in [0.3, 0.4) is 0 Å². The van der Waals surface area contributed by atoms with Crippen LogP contribution in [0.5, 0.6) is 0 Å². The number of anilines is 1. The minimum absolute atomic E-state index is 0.0730. The molecule has 26 heavy (non-hydrogen) atoms. The minimum atomic E-state index is -0.170. The SMILES string of the molecule is CC(NC(=O)c1cc(N(C)Cc2ccccc2)ccn1)c1ccccc1. The van der Waals surface area contributed by atoms with Gasteiger partial charge in [-0.2, -0.15) is 0 Å². The van der Waals surface area contributed by atoms with E-state index < -0.39 is 0 Å². The molecule has 3 rings (SSSR count). The highest BCUT2D eigenvalue weighted by atomic mass is 16.1. The van der Waals surface area contributed by atoms with Crippen molar-refractivity contribution in [2.75, 3.05) is 11.9 Å². The average Bonchev–Trinajstić information content (AvgIpc) is 2.69. The van der Waals surface area contributed by atoms with E-state index in [-0.39, 0.29) is 11.9 Å². The summed E-state index contributed by atoms with van der Waals surface area (Å²) in [6, 6.07) is 23.8. The van der Waals surface area contributed by atoms with Gasteiger partial charge in [0.2, 0.25) is 0 Å². The summed E-state index contributed by atoms with van der Waals surface area (Å²) in [5.41, 5.74) is 3.67. The van der Waals surface area contributed by atoms with Gasteiger partial charge in [0.15, 0.2) is 0 Å². The predicted octanol–water partition coefficient (Wildman–Crippen LogP) is 4.21. The summed E-state index contributed by atoms with van der Waals surface area (Å²) in [5, 5.41) is 3.01. The van der Waals surface area contributed by atoms with Crippen LogP contribution in [-0.2, 0) is 6.54 Å². The normalized spacial score (nSPS) is 11.6. The lowest BCUT2D eigenvalue weighted by Gasteiger charge is -2.20. The van der Waals surface area contributed by atoms with Gasteiger partial charge in [0, 0.05) is 25.5 Å². The molecular weight excluding hydrogens is 322 g/mol. The first-order valence-corrected chi connectivity index (χ1v) is 8.70. The summed E-state index contributed by atoms with van der Waals surface area (Å²) in [4.78, 5) is 18.9. The molecule has 1 atom stereocenters. The first-order valence-electron chi connectivity index (χ1n) is 8.70. The third kappa shape index (κ3) is 4.48. The fourth-order valence-corrected chi connectivity index (χ4v) is 2.83. The van der Waals surface area contributed by atoms with Gasteiger partial charge in [-0.1, -0.05) is 60.7 Å². The van der Waals surface area contributed by atoms with Crippen LogP contribution in [0.1, 0.15) is 34.6 Å². The Morgan fingerprint density at radius 2 is 1.69 bits per heavy atom. The zero-order chi connectivity index (χ0) is 18.4. The van der Waals surface area contributed by atoms with Gasteiger partial charge >= 0.3 is 0 Å². The molecule has 132 valence electrons. The van der Waals surface area contributed by atoms with Gasteiger partial charge in [0.05, 0.1) is 6.04 Å². The lowest BCUT2D eigenvalue weighted by molar-refractivity contribution is 0.0935. The predicted molar refractivity (Wildman–Crippen MR) is 105 cm³/mol. The standard InChI is InChI=1S/C22H23N3O/c1-17(19-11-7-4-8-12-19)24-22(26)21-15-20(13-14-23-21)25(2)16-18-9-5-3-6-10-18/h3-15,17H,16H2,1-2H3,(H,24,26). The maximum Gasteiger partial charge on any atom is 0.270 e. The molecule has 1 aromatic heterocycles. The number of carbonyl (C=O) groups is 1. The van der Waals surface area contributed by atoms with E-state index in [4.69, 9.17) is 0 Å². The maximum absolute atomic E-state index is 12.6. The second-order valence-corrected chi connectivity index (χ2v) is 6.35. The van der Waals surface area contributed by atoms with Gasteiger partial charge in [-0.3, -0.25) is 9.78 Å². The highest BCUT2D eigenvalue weighted by Gasteiger charge is 2.13. The Balaban J connectivity index is 1.69. The van der Waals surface area contributed by atoms with Crippen LogP contribution in [-0.4, -0.2) is 17.9 Å². The number of benzene rings is 2. The Morgan fingerprint density at radius 3 is 2.38 bits per heavy atom. The number of hydrogen-bond donors (Lipinski definition) is 1. The van der Waals surface area contributed by atoms with Gasteiger partial charge in [0.25, 0.3) is 5.91 Å².